The van der Waals surface area contributed by atoms with Gasteiger partial charge in [0.25, 0.3) is 0 Å². The Hall–Kier alpha value is -5.41. The lowest BCUT2D eigenvalue weighted by Gasteiger charge is -2.14. The standard InChI is InChI=1S/C31H24ClN7O2/c32-23-9-10-28(41-25-7-2-1-3-8-25)26(18-23)38-31(40)36-24-6-4-5-22(17-24)27-20-39-16-15-34-30(39)29(37-27)35-19-21-11-13-33-14-12-21/h1-18,20H,19H2,(H,35,37)(H2,36,38,40). The van der Waals surface area contributed by atoms with Gasteiger partial charge < -0.3 is 25.1 Å². The van der Waals surface area contributed by atoms with Crippen molar-refractivity contribution in [3.05, 3.63) is 126 Å². The number of aromatic nitrogens is 4. The minimum Gasteiger partial charge on any atom is -0.455 e. The van der Waals surface area contributed by atoms with Crippen LogP contribution in [0, 0.1) is 0 Å². The molecule has 6 aromatic rings. The number of fused-ring (bicyclic) bond motifs is 1. The van der Waals surface area contributed by atoms with Gasteiger partial charge in [-0.05, 0) is 60.2 Å². The summed E-state index contributed by atoms with van der Waals surface area (Å²) in [7, 11) is 0. The van der Waals surface area contributed by atoms with Crippen LogP contribution in [0.5, 0.6) is 11.5 Å². The second-order valence-corrected chi connectivity index (χ2v) is 9.49. The van der Waals surface area contributed by atoms with Crippen LogP contribution in [0.25, 0.3) is 16.9 Å². The summed E-state index contributed by atoms with van der Waals surface area (Å²) in [4.78, 5) is 26.3. The van der Waals surface area contributed by atoms with Crippen molar-refractivity contribution < 1.29 is 9.53 Å². The SMILES string of the molecule is O=C(Nc1cccc(-c2cn3ccnc3c(NCc3ccncc3)n2)c1)Nc1cc(Cl)ccc1Oc1ccccc1. The van der Waals surface area contributed by atoms with Gasteiger partial charge in [-0.1, -0.05) is 41.9 Å². The van der Waals surface area contributed by atoms with Crippen molar-refractivity contribution in [2.24, 2.45) is 0 Å². The maximum Gasteiger partial charge on any atom is 0.323 e. The fourth-order valence-electron chi connectivity index (χ4n) is 4.22. The Morgan fingerprint density at radius 2 is 1.76 bits per heavy atom. The Labute approximate surface area is 240 Å². The molecule has 0 bridgehead atoms. The van der Waals surface area contributed by atoms with Crippen LogP contribution < -0.4 is 20.7 Å². The average Bonchev–Trinajstić information content (AvgIpc) is 3.48. The molecule has 2 amide bonds. The van der Waals surface area contributed by atoms with E-state index in [0.29, 0.717) is 51.6 Å². The average molecular weight is 562 g/mol. The van der Waals surface area contributed by atoms with E-state index >= 15 is 0 Å². The number of benzene rings is 3. The Morgan fingerprint density at radius 3 is 2.61 bits per heavy atom. The molecule has 3 N–H and O–H groups in total. The molecule has 3 aromatic carbocycles. The summed E-state index contributed by atoms with van der Waals surface area (Å²) >= 11 is 6.21. The molecular formula is C31H24ClN7O2. The molecule has 10 heteroatoms. The Kier molecular flexibility index (Phi) is 7.42. The monoisotopic (exact) mass is 561 g/mol. The smallest absolute Gasteiger partial charge is 0.323 e. The Balaban J connectivity index is 1.20. The largest absolute Gasteiger partial charge is 0.455 e. The molecule has 0 aliphatic rings. The maximum atomic E-state index is 13.0. The lowest BCUT2D eigenvalue weighted by atomic mass is 10.1. The zero-order chi connectivity index (χ0) is 28.0. The third-order valence-electron chi connectivity index (χ3n) is 6.16. The highest BCUT2D eigenvalue weighted by Gasteiger charge is 2.13. The van der Waals surface area contributed by atoms with Gasteiger partial charge in [0.2, 0.25) is 0 Å². The number of nitrogens with one attached hydrogen (secondary N) is 3. The van der Waals surface area contributed by atoms with Crippen LogP contribution in [0.1, 0.15) is 5.56 Å². The van der Waals surface area contributed by atoms with Crippen LogP contribution in [0.4, 0.5) is 22.0 Å². The number of para-hydroxylation sites is 1. The van der Waals surface area contributed by atoms with Gasteiger partial charge in [0.1, 0.15) is 5.75 Å². The van der Waals surface area contributed by atoms with Gasteiger partial charge in [-0.15, -0.1) is 0 Å². The first-order chi connectivity index (χ1) is 20.1. The van der Waals surface area contributed by atoms with Crippen molar-refractivity contribution in [2.45, 2.75) is 6.54 Å². The number of carbonyl (C=O) groups excluding carboxylic acids is 1. The van der Waals surface area contributed by atoms with Gasteiger partial charge in [-0.3, -0.25) is 4.98 Å². The number of imidazole rings is 1. The van der Waals surface area contributed by atoms with Crippen LogP contribution in [0.2, 0.25) is 5.02 Å². The zero-order valence-electron chi connectivity index (χ0n) is 21.7. The number of hydrogen-bond acceptors (Lipinski definition) is 6. The third-order valence-corrected chi connectivity index (χ3v) is 6.40. The summed E-state index contributed by atoms with van der Waals surface area (Å²) in [5.41, 5.74) is 4.35. The van der Waals surface area contributed by atoms with E-state index in [4.69, 9.17) is 21.3 Å². The summed E-state index contributed by atoms with van der Waals surface area (Å²) < 4.78 is 7.87. The fraction of sp³-hybridized carbons (Fsp3) is 0.0323. The maximum absolute atomic E-state index is 13.0. The first-order valence-electron chi connectivity index (χ1n) is 12.8. The molecule has 0 spiro atoms. The summed E-state index contributed by atoms with van der Waals surface area (Å²) in [6, 6.07) is 25.3. The van der Waals surface area contributed by atoms with Crippen molar-refractivity contribution >= 4 is 40.5 Å². The molecule has 0 aliphatic heterocycles. The highest BCUT2D eigenvalue weighted by molar-refractivity contribution is 6.31. The summed E-state index contributed by atoms with van der Waals surface area (Å²) in [6.07, 6.45) is 9.01. The molecule has 0 radical (unpaired) electrons. The topological polar surface area (TPSA) is 105 Å². The van der Waals surface area contributed by atoms with Gasteiger partial charge in [-0.2, -0.15) is 0 Å². The molecule has 6 rings (SSSR count). The molecule has 202 valence electrons. The molecule has 9 nitrogen and oxygen atoms in total. The predicted molar refractivity (Wildman–Crippen MR) is 161 cm³/mol. The second kappa shape index (κ2) is 11.8. The number of carbonyl (C=O) groups is 1. The van der Waals surface area contributed by atoms with Crippen LogP contribution in [-0.2, 0) is 6.54 Å². The first-order valence-corrected chi connectivity index (χ1v) is 13.2. The van der Waals surface area contributed by atoms with E-state index in [1.807, 2.05) is 77.5 Å². The fourth-order valence-corrected chi connectivity index (χ4v) is 4.39. The first kappa shape index (κ1) is 25.8. The highest BCUT2D eigenvalue weighted by Crippen LogP contribution is 2.32. The van der Waals surface area contributed by atoms with E-state index < -0.39 is 6.03 Å². The quantitative estimate of drug-likeness (QED) is 0.178. The highest BCUT2D eigenvalue weighted by atomic mass is 35.5. The zero-order valence-corrected chi connectivity index (χ0v) is 22.4. The summed E-state index contributed by atoms with van der Waals surface area (Å²) in [5.74, 6) is 1.75. The Morgan fingerprint density at radius 1 is 0.902 bits per heavy atom. The number of amides is 2. The van der Waals surface area contributed by atoms with E-state index in [2.05, 4.69) is 25.9 Å². The molecule has 0 aliphatic carbocycles. The Bertz CT molecular complexity index is 1810. The van der Waals surface area contributed by atoms with Gasteiger partial charge in [0, 0.05) is 53.8 Å². The molecule has 0 atom stereocenters. The minimum absolute atomic E-state index is 0.437. The van der Waals surface area contributed by atoms with Crippen molar-refractivity contribution in [2.75, 3.05) is 16.0 Å². The summed E-state index contributed by atoms with van der Waals surface area (Å²) in [5, 5.41) is 9.57. The number of rotatable bonds is 8. The number of pyridine rings is 1. The minimum atomic E-state index is -0.444. The van der Waals surface area contributed by atoms with Crippen molar-refractivity contribution in [1.29, 1.82) is 0 Å². The molecule has 0 fully saturated rings. The van der Waals surface area contributed by atoms with Gasteiger partial charge in [-0.25, -0.2) is 14.8 Å². The number of hydrogen-bond donors (Lipinski definition) is 3. The lowest BCUT2D eigenvalue weighted by molar-refractivity contribution is 0.262. The van der Waals surface area contributed by atoms with Gasteiger partial charge in [0.05, 0.1) is 11.4 Å². The van der Waals surface area contributed by atoms with Gasteiger partial charge >= 0.3 is 6.03 Å². The normalized spacial score (nSPS) is 10.8. The second-order valence-electron chi connectivity index (χ2n) is 9.06. The molecule has 41 heavy (non-hydrogen) atoms. The lowest BCUT2D eigenvalue weighted by Crippen LogP contribution is -2.19. The van der Waals surface area contributed by atoms with Crippen LogP contribution in [-0.4, -0.2) is 25.4 Å². The number of halogens is 1. The van der Waals surface area contributed by atoms with Crippen molar-refractivity contribution in [3.63, 3.8) is 0 Å². The number of urea groups is 1. The van der Waals surface area contributed by atoms with E-state index in [0.717, 1.165) is 11.1 Å². The van der Waals surface area contributed by atoms with Crippen LogP contribution in [0.15, 0.2) is 116 Å². The molecule has 3 aromatic heterocycles. The third kappa shape index (κ3) is 6.26. The van der Waals surface area contributed by atoms with Crippen molar-refractivity contribution in [1.82, 2.24) is 19.4 Å². The predicted octanol–water partition coefficient (Wildman–Crippen LogP) is 7.49. The summed E-state index contributed by atoms with van der Waals surface area (Å²) in [6.45, 7) is 0.572. The van der Waals surface area contributed by atoms with Crippen LogP contribution >= 0.6 is 11.6 Å². The molecule has 3 heterocycles. The van der Waals surface area contributed by atoms with E-state index in [1.54, 1.807) is 42.9 Å². The van der Waals surface area contributed by atoms with E-state index in [-0.39, 0.29) is 0 Å². The van der Waals surface area contributed by atoms with E-state index in [1.165, 1.54) is 0 Å². The van der Waals surface area contributed by atoms with Gasteiger partial charge in [0.15, 0.2) is 17.2 Å². The number of nitrogens with zero attached hydrogens (tertiary/aromatic N) is 4. The molecule has 0 unspecified atom stereocenters. The van der Waals surface area contributed by atoms with E-state index in [9.17, 15) is 4.79 Å². The molecule has 0 saturated heterocycles. The number of anilines is 3. The van der Waals surface area contributed by atoms with Crippen LogP contribution in [0.3, 0.4) is 0 Å². The molecular weight excluding hydrogens is 538 g/mol. The van der Waals surface area contributed by atoms with Crippen molar-refractivity contribution in [3.8, 4) is 22.8 Å². The molecule has 0 saturated carbocycles. The number of ether oxygens (including phenoxy) is 1.